The van der Waals surface area contributed by atoms with Crippen LogP contribution in [0, 0.1) is 52.8 Å². The van der Waals surface area contributed by atoms with Crippen molar-refractivity contribution in [2.75, 3.05) is 0 Å². The lowest BCUT2D eigenvalue weighted by molar-refractivity contribution is -0.164. The van der Waals surface area contributed by atoms with Crippen LogP contribution in [0.3, 0.4) is 0 Å². The van der Waals surface area contributed by atoms with Gasteiger partial charge in [0.05, 0.1) is 5.92 Å². The van der Waals surface area contributed by atoms with E-state index < -0.39 is 5.60 Å². The van der Waals surface area contributed by atoms with E-state index in [0.29, 0.717) is 0 Å². The van der Waals surface area contributed by atoms with Gasteiger partial charge in [-0.3, -0.25) is 4.79 Å². The van der Waals surface area contributed by atoms with E-state index in [1.807, 2.05) is 0 Å². The molecule has 0 amide bonds. The first kappa shape index (κ1) is 38.8. The zero-order valence-electron chi connectivity index (χ0n) is 32.0. The number of unbranched alkanes of at least 4 members (excludes halogenated alkanes) is 6. The lowest BCUT2D eigenvalue weighted by Gasteiger charge is -2.42. The van der Waals surface area contributed by atoms with Gasteiger partial charge in [-0.15, -0.1) is 0 Å². The van der Waals surface area contributed by atoms with Crippen LogP contribution in [0.2, 0.25) is 0 Å². The van der Waals surface area contributed by atoms with E-state index in [2.05, 4.69) is 39.5 Å². The molecular weight excluding hydrogens is 572 g/mol. The van der Waals surface area contributed by atoms with Crippen LogP contribution < -0.4 is 0 Å². The first-order chi connectivity index (χ1) is 22.9. The molecule has 0 N–H and O–H groups in total. The fourth-order valence-electron chi connectivity index (χ4n) is 10.4. The van der Waals surface area contributed by atoms with Gasteiger partial charge < -0.3 is 4.74 Å². The van der Waals surface area contributed by atoms with Gasteiger partial charge in [-0.2, -0.15) is 0 Å². The lowest BCUT2D eigenvalue weighted by Crippen LogP contribution is -2.41. The van der Waals surface area contributed by atoms with Crippen LogP contribution in [0.1, 0.15) is 220 Å². The number of hydrogen-bond donors (Lipinski definition) is 0. The van der Waals surface area contributed by atoms with Crippen molar-refractivity contribution in [2.24, 2.45) is 40.9 Å². The van der Waals surface area contributed by atoms with E-state index in [4.69, 9.17) is 4.74 Å². The highest BCUT2D eigenvalue weighted by Gasteiger charge is 2.42. The van der Waals surface area contributed by atoms with Crippen LogP contribution in [0.5, 0.6) is 0 Å². The van der Waals surface area contributed by atoms with Crippen LogP contribution in [-0.4, -0.2) is 11.6 Å². The number of rotatable bonds is 17. The van der Waals surface area contributed by atoms with Gasteiger partial charge in [0.2, 0.25) is 0 Å². The van der Waals surface area contributed by atoms with E-state index in [1.165, 1.54) is 167 Å². The number of carbonyl (C=O) groups is 1. The molecule has 4 saturated carbocycles. The molecule has 0 aliphatic heterocycles. The normalized spacial score (nSPS) is 34.7. The predicted molar refractivity (Wildman–Crippen MR) is 201 cm³/mol. The molecule has 0 heterocycles. The van der Waals surface area contributed by atoms with Gasteiger partial charge in [-0.25, -0.2) is 0 Å². The molecule has 4 aliphatic carbocycles. The van der Waals surface area contributed by atoms with Crippen molar-refractivity contribution >= 4 is 5.97 Å². The molecule has 0 spiro atoms. The Kier molecular flexibility index (Phi) is 17.1. The maximum Gasteiger partial charge on any atom is 0.310 e. The number of carbonyl (C=O) groups excluding carboxylic acids is 1. The molecule has 0 unspecified atom stereocenters. The molecule has 0 saturated heterocycles. The molecule has 4 fully saturated rings. The molecule has 0 aromatic rings. The zero-order valence-corrected chi connectivity index (χ0v) is 32.0. The van der Waals surface area contributed by atoms with Gasteiger partial charge in [0, 0.05) is 5.41 Å². The Balaban J connectivity index is 1.42. The first-order valence-electron chi connectivity index (χ1n) is 21.7. The smallest absolute Gasteiger partial charge is 0.310 e. The standard InChI is InChI=1S/C45H78O2/c1-5-9-12-16-38-18-22-40(23-19-38)41-28-31-44(32-29-41,30-14-11-7-3)35-36-45(33-26-39(27-34-45)17-13-10-6-2)47-43(46)42-24-20-37(15-8-4)21-25-42/h37-42H,5-34H2,1-4H3. The largest absolute Gasteiger partial charge is 0.446 e. The fourth-order valence-corrected chi connectivity index (χ4v) is 10.4. The van der Waals surface area contributed by atoms with Crippen LogP contribution >= 0.6 is 0 Å². The van der Waals surface area contributed by atoms with Crippen molar-refractivity contribution in [1.29, 1.82) is 0 Å². The third kappa shape index (κ3) is 12.4. The van der Waals surface area contributed by atoms with Gasteiger partial charge in [0.15, 0.2) is 5.60 Å². The van der Waals surface area contributed by atoms with Gasteiger partial charge in [0.1, 0.15) is 0 Å². The SMILES string of the molecule is CCCCCC1CCC(C2CCC(C#CC3(OC(=O)C4CCC(CCC)CC4)CCC(CCCCC)CC3)(CCCCC)CC2)CC1. The van der Waals surface area contributed by atoms with E-state index >= 15 is 0 Å². The summed E-state index contributed by atoms with van der Waals surface area (Å²) in [5, 5.41) is 0. The molecule has 47 heavy (non-hydrogen) atoms. The Hall–Kier alpha value is -0.970. The summed E-state index contributed by atoms with van der Waals surface area (Å²) in [6, 6.07) is 0. The minimum atomic E-state index is -0.538. The minimum absolute atomic E-state index is 0.0905. The highest BCUT2D eigenvalue weighted by Crippen LogP contribution is 2.49. The van der Waals surface area contributed by atoms with Gasteiger partial charge >= 0.3 is 5.97 Å². The minimum Gasteiger partial charge on any atom is -0.446 e. The van der Waals surface area contributed by atoms with Crippen LogP contribution in [0.25, 0.3) is 0 Å². The van der Waals surface area contributed by atoms with E-state index in [0.717, 1.165) is 55.3 Å². The monoisotopic (exact) mass is 651 g/mol. The number of hydrogen-bond acceptors (Lipinski definition) is 2. The Morgan fingerprint density at radius 1 is 0.532 bits per heavy atom. The Morgan fingerprint density at radius 3 is 1.62 bits per heavy atom. The quantitative estimate of drug-likeness (QED) is 0.0889. The molecule has 0 radical (unpaired) electrons. The van der Waals surface area contributed by atoms with Crippen molar-refractivity contribution in [3.63, 3.8) is 0 Å². The topological polar surface area (TPSA) is 26.3 Å². The maximum absolute atomic E-state index is 13.8. The third-order valence-corrected chi connectivity index (χ3v) is 13.9. The van der Waals surface area contributed by atoms with Crippen LogP contribution in [-0.2, 0) is 9.53 Å². The molecule has 2 heteroatoms. The molecular formula is C45H78O2. The van der Waals surface area contributed by atoms with E-state index in [-0.39, 0.29) is 17.3 Å². The molecule has 0 atom stereocenters. The molecule has 0 aromatic heterocycles. The van der Waals surface area contributed by atoms with E-state index in [1.54, 1.807) is 0 Å². The van der Waals surface area contributed by atoms with Crippen molar-refractivity contribution in [2.45, 2.75) is 226 Å². The summed E-state index contributed by atoms with van der Waals surface area (Å²) >= 11 is 0. The molecule has 0 bridgehead atoms. The average Bonchev–Trinajstić information content (AvgIpc) is 3.10. The summed E-state index contributed by atoms with van der Waals surface area (Å²) in [6.45, 7) is 9.26. The maximum atomic E-state index is 13.8. The Bertz CT molecular complexity index is 907. The third-order valence-electron chi connectivity index (χ3n) is 13.9. The fraction of sp³-hybridized carbons (Fsp3) is 0.933. The number of esters is 1. The molecule has 0 aromatic carbocycles. The van der Waals surface area contributed by atoms with Crippen molar-refractivity contribution < 1.29 is 9.53 Å². The summed E-state index contributed by atoms with van der Waals surface area (Å²) in [5.41, 5.74) is -0.401. The number of ether oxygens (including phenoxy) is 1. The van der Waals surface area contributed by atoms with Crippen molar-refractivity contribution in [1.82, 2.24) is 0 Å². The predicted octanol–water partition coefficient (Wildman–Crippen LogP) is 13.8. The van der Waals surface area contributed by atoms with Gasteiger partial charge in [0.25, 0.3) is 0 Å². The second-order valence-electron chi connectivity index (χ2n) is 17.5. The summed E-state index contributed by atoms with van der Waals surface area (Å²) in [5.74, 6) is 12.6. The highest BCUT2D eigenvalue weighted by atomic mass is 16.6. The lowest BCUT2D eigenvalue weighted by atomic mass is 9.63. The second-order valence-corrected chi connectivity index (χ2v) is 17.5. The molecule has 4 rings (SSSR count). The van der Waals surface area contributed by atoms with Gasteiger partial charge in [-0.1, -0.05) is 136 Å². The molecule has 2 nitrogen and oxygen atoms in total. The van der Waals surface area contributed by atoms with Crippen LogP contribution in [0.4, 0.5) is 0 Å². The Morgan fingerprint density at radius 2 is 1.04 bits per heavy atom. The molecule has 270 valence electrons. The zero-order chi connectivity index (χ0) is 33.4. The van der Waals surface area contributed by atoms with Crippen LogP contribution in [0.15, 0.2) is 0 Å². The Labute approximate surface area is 293 Å². The van der Waals surface area contributed by atoms with Gasteiger partial charge in [-0.05, 0) is 126 Å². The summed E-state index contributed by atoms with van der Waals surface area (Å²) in [4.78, 5) is 13.8. The summed E-state index contributed by atoms with van der Waals surface area (Å²) < 4.78 is 6.70. The summed E-state index contributed by atoms with van der Waals surface area (Å²) in [6.07, 6.45) is 38.7. The van der Waals surface area contributed by atoms with Crippen molar-refractivity contribution in [3.8, 4) is 11.8 Å². The summed E-state index contributed by atoms with van der Waals surface area (Å²) in [7, 11) is 0. The second kappa shape index (κ2) is 20.6. The average molecular weight is 651 g/mol. The first-order valence-corrected chi connectivity index (χ1v) is 21.7. The van der Waals surface area contributed by atoms with E-state index in [9.17, 15) is 4.79 Å². The molecule has 4 aliphatic rings. The van der Waals surface area contributed by atoms with Crippen molar-refractivity contribution in [3.05, 3.63) is 0 Å². The highest BCUT2D eigenvalue weighted by molar-refractivity contribution is 5.73.